The van der Waals surface area contributed by atoms with Crippen LogP contribution in [-0.4, -0.2) is 40.4 Å². The highest BCUT2D eigenvalue weighted by Gasteiger charge is 2.28. The summed E-state index contributed by atoms with van der Waals surface area (Å²) in [5.74, 6) is -0.138. The SMILES string of the molecule is CN1C(=O)C[C@H](CNC(=O)Cn2nc3ccccc3n2)c2ccccc21. The van der Waals surface area contributed by atoms with Gasteiger partial charge in [-0.1, -0.05) is 30.3 Å². The maximum atomic E-state index is 12.3. The zero-order valence-corrected chi connectivity index (χ0v) is 14.4. The number of rotatable bonds is 4. The number of nitrogens with zero attached hydrogens (tertiary/aromatic N) is 4. The molecular formula is C19H19N5O2. The van der Waals surface area contributed by atoms with E-state index in [4.69, 9.17) is 0 Å². The van der Waals surface area contributed by atoms with Crippen molar-refractivity contribution in [3.8, 4) is 0 Å². The molecule has 7 heteroatoms. The van der Waals surface area contributed by atoms with Gasteiger partial charge >= 0.3 is 0 Å². The van der Waals surface area contributed by atoms with E-state index in [-0.39, 0.29) is 24.3 Å². The van der Waals surface area contributed by atoms with Crippen molar-refractivity contribution in [1.29, 1.82) is 0 Å². The summed E-state index contributed by atoms with van der Waals surface area (Å²) >= 11 is 0. The van der Waals surface area contributed by atoms with Crippen LogP contribution >= 0.6 is 0 Å². The second-order valence-electron chi connectivity index (χ2n) is 6.44. The topological polar surface area (TPSA) is 80.1 Å². The van der Waals surface area contributed by atoms with Gasteiger partial charge in [0.2, 0.25) is 11.8 Å². The normalized spacial score (nSPS) is 16.6. The first kappa shape index (κ1) is 16.3. The standard InChI is InChI=1S/C19H19N5O2/c1-23-17-9-5-2-6-14(17)13(10-19(23)26)11-20-18(25)12-24-21-15-7-3-4-8-16(15)22-24/h2-9,13H,10-12H2,1H3,(H,20,25)/t13-/m1/s1. The Hall–Kier alpha value is -3.22. The molecule has 0 bridgehead atoms. The van der Waals surface area contributed by atoms with Crippen LogP contribution in [0.4, 0.5) is 5.69 Å². The van der Waals surface area contributed by atoms with Crippen molar-refractivity contribution < 1.29 is 9.59 Å². The summed E-state index contributed by atoms with van der Waals surface area (Å²) in [5, 5.41) is 11.5. The fourth-order valence-corrected chi connectivity index (χ4v) is 3.31. The number of hydrogen-bond donors (Lipinski definition) is 1. The number of nitrogens with one attached hydrogen (secondary N) is 1. The summed E-state index contributed by atoms with van der Waals surface area (Å²) in [5.41, 5.74) is 3.51. The zero-order chi connectivity index (χ0) is 18.1. The Morgan fingerprint density at radius 3 is 2.50 bits per heavy atom. The van der Waals surface area contributed by atoms with E-state index >= 15 is 0 Å². The molecule has 1 aliphatic heterocycles. The van der Waals surface area contributed by atoms with Crippen molar-refractivity contribution >= 4 is 28.5 Å². The van der Waals surface area contributed by atoms with E-state index < -0.39 is 0 Å². The number of para-hydroxylation sites is 1. The fraction of sp³-hybridized carbons (Fsp3) is 0.263. The lowest BCUT2D eigenvalue weighted by atomic mass is 9.89. The highest BCUT2D eigenvalue weighted by atomic mass is 16.2. The second kappa shape index (κ2) is 6.59. The number of carbonyl (C=O) groups excluding carboxylic acids is 2. The molecule has 2 aromatic carbocycles. The number of fused-ring (bicyclic) bond motifs is 2. The summed E-state index contributed by atoms with van der Waals surface area (Å²) in [6, 6.07) is 15.3. The molecule has 3 aromatic rings. The van der Waals surface area contributed by atoms with E-state index in [0.29, 0.717) is 13.0 Å². The molecule has 0 fully saturated rings. The minimum atomic E-state index is -0.172. The van der Waals surface area contributed by atoms with Gasteiger partial charge in [-0.2, -0.15) is 15.0 Å². The van der Waals surface area contributed by atoms with Crippen LogP contribution in [-0.2, 0) is 16.1 Å². The summed E-state index contributed by atoms with van der Waals surface area (Å²) in [6.45, 7) is 0.465. The third kappa shape index (κ3) is 3.03. The average Bonchev–Trinajstić information content (AvgIpc) is 3.05. The molecule has 0 unspecified atom stereocenters. The molecule has 0 saturated heterocycles. The molecule has 7 nitrogen and oxygen atoms in total. The summed E-state index contributed by atoms with van der Waals surface area (Å²) in [7, 11) is 1.78. The number of benzene rings is 2. The van der Waals surface area contributed by atoms with Gasteiger partial charge in [0.05, 0.1) is 0 Å². The fourth-order valence-electron chi connectivity index (χ4n) is 3.31. The molecule has 1 aromatic heterocycles. The zero-order valence-electron chi connectivity index (χ0n) is 14.4. The van der Waals surface area contributed by atoms with E-state index in [2.05, 4.69) is 15.5 Å². The lowest BCUT2D eigenvalue weighted by molar-refractivity contribution is -0.123. The van der Waals surface area contributed by atoms with E-state index in [9.17, 15) is 9.59 Å². The summed E-state index contributed by atoms with van der Waals surface area (Å²) < 4.78 is 0. The van der Waals surface area contributed by atoms with Crippen LogP contribution < -0.4 is 10.2 Å². The molecule has 2 heterocycles. The number of hydrogen-bond acceptors (Lipinski definition) is 4. The van der Waals surface area contributed by atoms with Crippen LogP contribution in [0.1, 0.15) is 17.9 Å². The molecule has 0 aliphatic carbocycles. The van der Waals surface area contributed by atoms with E-state index in [1.165, 1.54) is 4.80 Å². The smallest absolute Gasteiger partial charge is 0.243 e. The molecule has 26 heavy (non-hydrogen) atoms. The van der Waals surface area contributed by atoms with Crippen LogP contribution in [0.2, 0.25) is 0 Å². The lowest BCUT2D eigenvalue weighted by Crippen LogP contribution is -2.38. The van der Waals surface area contributed by atoms with Gasteiger partial charge in [-0.3, -0.25) is 9.59 Å². The van der Waals surface area contributed by atoms with Crippen LogP contribution in [0.15, 0.2) is 48.5 Å². The van der Waals surface area contributed by atoms with Crippen molar-refractivity contribution in [1.82, 2.24) is 20.3 Å². The Balaban J connectivity index is 1.43. The van der Waals surface area contributed by atoms with Crippen molar-refractivity contribution in [2.75, 3.05) is 18.5 Å². The average molecular weight is 349 g/mol. The molecule has 1 aliphatic rings. The van der Waals surface area contributed by atoms with E-state index in [1.807, 2.05) is 48.5 Å². The van der Waals surface area contributed by atoms with Gasteiger partial charge in [-0.25, -0.2) is 0 Å². The molecule has 132 valence electrons. The summed E-state index contributed by atoms with van der Waals surface area (Å²) in [6.07, 6.45) is 0.387. The highest BCUT2D eigenvalue weighted by molar-refractivity contribution is 5.96. The van der Waals surface area contributed by atoms with Crippen molar-refractivity contribution in [2.45, 2.75) is 18.9 Å². The predicted molar refractivity (Wildman–Crippen MR) is 97.7 cm³/mol. The van der Waals surface area contributed by atoms with Gasteiger partial charge in [-0.05, 0) is 23.8 Å². The Morgan fingerprint density at radius 1 is 1.12 bits per heavy atom. The second-order valence-corrected chi connectivity index (χ2v) is 6.44. The Kier molecular flexibility index (Phi) is 4.12. The molecule has 1 atom stereocenters. The monoisotopic (exact) mass is 349 g/mol. The first-order valence-corrected chi connectivity index (χ1v) is 8.54. The molecular weight excluding hydrogens is 330 g/mol. The van der Waals surface area contributed by atoms with Gasteiger partial charge < -0.3 is 10.2 Å². The quantitative estimate of drug-likeness (QED) is 0.777. The summed E-state index contributed by atoms with van der Waals surface area (Å²) in [4.78, 5) is 27.5. The van der Waals surface area contributed by atoms with Crippen LogP contribution in [0.3, 0.4) is 0 Å². The van der Waals surface area contributed by atoms with Crippen LogP contribution in [0, 0.1) is 0 Å². The first-order valence-electron chi connectivity index (χ1n) is 8.54. The third-order valence-electron chi connectivity index (χ3n) is 4.69. The minimum absolute atomic E-state index is 0.0245. The molecule has 0 saturated carbocycles. The number of aromatic nitrogens is 3. The van der Waals surface area contributed by atoms with Gasteiger partial charge in [0, 0.05) is 31.6 Å². The van der Waals surface area contributed by atoms with Crippen molar-refractivity contribution in [3.05, 3.63) is 54.1 Å². The minimum Gasteiger partial charge on any atom is -0.354 e. The van der Waals surface area contributed by atoms with Gasteiger partial charge in [0.1, 0.15) is 17.6 Å². The largest absolute Gasteiger partial charge is 0.354 e. The Bertz CT molecular complexity index is 948. The molecule has 0 radical (unpaired) electrons. The van der Waals surface area contributed by atoms with Crippen LogP contribution in [0.5, 0.6) is 0 Å². The molecule has 0 spiro atoms. The number of carbonyl (C=O) groups is 2. The van der Waals surface area contributed by atoms with Crippen molar-refractivity contribution in [2.24, 2.45) is 0 Å². The van der Waals surface area contributed by atoms with E-state index in [1.54, 1.807) is 11.9 Å². The molecule has 1 N–H and O–H groups in total. The maximum absolute atomic E-state index is 12.3. The highest BCUT2D eigenvalue weighted by Crippen LogP contribution is 2.34. The van der Waals surface area contributed by atoms with E-state index in [0.717, 1.165) is 22.3 Å². The lowest BCUT2D eigenvalue weighted by Gasteiger charge is -2.31. The predicted octanol–water partition coefficient (Wildman–Crippen LogP) is 1.70. The molecule has 2 amide bonds. The Morgan fingerprint density at radius 2 is 1.77 bits per heavy atom. The number of amides is 2. The number of anilines is 1. The molecule has 4 rings (SSSR count). The Labute approximate surface area is 150 Å². The van der Waals surface area contributed by atoms with Crippen LogP contribution in [0.25, 0.3) is 11.0 Å². The van der Waals surface area contributed by atoms with Gasteiger partial charge in [0.25, 0.3) is 0 Å². The van der Waals surface area contributed by atoms with Gasteiger partial charge in [-0.15, -0.1) is 0 Å². The first-order chi connectivity index (χ1) is 12.6. The maximum Gasteiger partial charge on any atom is 0.243 e. The third-order valence-corrected chi connectivity index (χ3v) is 4.69. The van der Waals surface area contributed by atoms with Gasteiger partial charge in [0.15, 0.2) is 0 Å². The van der Waals surface area contributed by atoms with Crippen molar-refractivity contribution in [3.63, 3.8) is 0 Å².